The van der Waals surface area contributed by atoms with Gasteiger partial charge < -0.3 is 19.5 Å². The van der Waals surface area contributed by atoms with Gasteiger partial charge in [0.05, 0.1) is 25.5 Å². The highest BCUT2D eigenvalue weighted by Crippen LogP contribution is 2.29. The summed E-state index contributed by atoms with van der Waals surface area (Å²) in [5.74, 6) is 1.10. The van der Waals surface area contributed by atoms with Gasteiger partial charge in [-0.15, -0.1) is 0 Å². The molecule has 0 spiro atoms. The fourth-order valence-electron chi connectivity index (χ4n) is 2.05. The second-order valence-electron chi connectivity index (χ2n) is 4.92. The van der Waals surface area contributed by atoms with E-state index in [0.717, 1.165) is 0 Å². The van der Waals surface area contributed by atoms with Gasteiger partial charge >= 0.3 is 0 Å². The molecule has 1 atom stereocenters. The Morgan fingerprint density at radius 2 is 1.88 bits per heavy atom. The van der Waals surface area contributed by atoms with Gasteiger partial charge in [0.2, 0.25) is 0 Å². The fourth-order valence-corrected chi connectivity index (χ4v) is 2.05. The summed E-state index contributed by atoms with van der Waals surface area (Å²) < 4.78 is 16.0. The van der Waals surface area contributed by atoms with Crippen LogP contribution in [0.4, 0.5) is 5.69 Å². The molecule has 6 nitrogen and oxygen atoms in total. The smallest absolute Gasteiger partial charge is 0.265 e. The lowest BCUT2D eigenvalue weighted by Crippen LogP contribution is -2.30. The van der Waals surface area contributed by atoms with Crippen LogP contribution in [-0.4, -0.2) is 26.2 Å². The first-order valence-electron chi connectivity index (χ1n) is 7.27. The molecule has 0 aliphatic rings. The molecule has 0 saturated heterocycles. The van der Waals surface area contributed by atoms with E-state index in [-0.39, 0.29) is 5.91 Å². The average Bonchev–Trinajstić information content (AvgIpc) is 2.61. The number of nitrogens with zero attached hydrogens (tertiary/aromatic N) is 1. The largest absolute Gasteiger partial charge is 0.497 e. The molecule has 0 heterocycles. The number of hydrogen-bond donors (Lipinski definition) is 1. The Hall–Kier alpha value is -3.20. The van der Waals surface area contributed by atoms with E-state index in [1.807, 2.05) is 6.07 Å². The Balaban J connectivity index is 2.13. The van der Waals surface area contributed by atoms with Crippen molar-refractivity contribution in [2.45, 2.75) is 13.0 Å². The molecule has 0 aliphatic carbocycles. The summed E-state index contributed by atoms with van der Waals surface area (Å²) >= 11 is 0. The highest BCUT2D eigenvalue weighted by atomic mass is 16.5. The van der Waals surface area contributed by atoms with E-state index >= 15 is 0 Å². The number of ether oxygens (including phenoxy) is 3. The van der Waals surface area contributed by atoms with Crippen molar-refractivity contribution >= 4 is 11.6 Å². The number of rotatable bonds is 6. The number of anilines is 1. The summed E-state index contributed by atoms with van der Waals surface area (Å²) in [6.07, 6.45) is -0.796. The van der Waals surface area contributed by atoms with Crippen LogP contribution in [0.25, 0.3) is 0 Å². The average molecular weight is 326 g/mol. The van der Waals surface area contributed by atoms with Gasteiger partial charge in [0, 0.05) is 6.07 Å². The lowest BCUT2D eigenvalue weighted by atomic mass is 10.2. The van der Waals surface area contributed by atoms with Gasteiger partial charge in [-0.25, -0.2) is 0 Å². The molecule has 1 amide bonds. The number of methoxy groups -OCH3 is 2. The van der Waals surface area contributed by atoms with E-state index < -0.39 is 6.10 Å². The van der Waals surface area contributed by atoms with Crippen LogP contribution >= 0.6 is 0 Å². The number of nitrogens with one attached hydrogen (secondary N) is 1. The van der Waals surface area contributed by atoms with Crippen LogP contribution in [-0.2, 0) is 4.79 Å². The zero-order valence-corrected chi connectivity index (χ0v) is 13.7. The van der Waals surface area contributed by atoms with Gasteiger partial charge in [0.1, 0.15) is 23.3 Å². The maximum Gasteiger partial charge on any atom is 0.265 e. The SMILES string of the molecule is COc1ccc(OC)c(NC(=O)C(C)Oc2ccccc2C#N)c1. The number of benzene rings is 2. The minimum absolute atomic E-state index is 0.361. The zero-order valence-electron chi connectivity index (χ0n) is 13.7. The Labute approximate surface area is 140 Å². The Bertz CT molecular complexity index is 768. The van der Waals surface area contributed by atoms with Crippen molar-refractivity contribution in [3.8, 4) is 23.3 Å². The van der Waals surface area contributed by atoms with Gasteiger partial charge in [0.15, 0.2) is 6.10 Å². The molecule has 0 fully saturated rings. The van der Waals surface area contributed by atoms with Crippen LogP contribution in [0.15, 0.2) is 42.5 Å². The molecule has 1 unspecified atom stereocenters. The lowest BCUT2D eigenvalue weighted by Gasteiger charge is -2.17. The van der Waals surface area contributed by atoms with Crippen LogP contribution < -0.4 is 19.5 Å². The normalized spacial score (nSPS) is 11.1. The summed E-state index contributed by atoms with van der Waals surface area (Å²) in [6, 6.07) is 13.9. The van der Waals surface area contributed by atoms with Gasteiger partial charge in [-0.05, 0) is 31.2 Å². The number of para-hydroxylation sites is 1. The van der Waals surface area contributed by atoms with Crippen molar-refractivity contribution in [3.63, 3.8) is 0 Å². The molecule has 1 N–H and O–H groups in total. The zero-order chi connectivity index (χ0) is 17.5. The van der Waals surface area contributed by atoms with Gasteiger partial charge in [-0.3, -0.25) is 4.79 Å². The molecule has 2 aromatic carbocycles. The maximum absolute atomic E-state index is 12.4. The molecule has 0 radical (unpaired) electrons. The molecular weight excluding hydrogens is 308 g/mol. The van der Waals surface area contributed by atoms with Gasteiger partial charge in [-0.1, -0.05) is 12.1 Å². The van der Waals surface area contributed by atoms with Crippen LogP contribution in [0.3, 0.4) is 0 Å². The van der Waals surface area contributed by atoms with Crippen molar-refractivity contribution in [1.82, 2.24) is 0 Å². The molecule has 2 aromatic rings. The van der Waals surface area contributed by atoms with Crippen LogP contribution in [0.2, 0.25) is 0 Å². The molecule has 6 heteroatoms. The lowest BCUT2D eigenvalue weighted by molar-refractivity contribution is -0.122. The van der Waals surface area contributed by atoms with E-state index in [0.29, 0.717) is 28.5 Å². The van der Waals surface area contributed by atoms with Crippen molar-refractivity contribution < 1.29 is 19.0 Å². The highest BCUT2D eigenvalue weighted by molar-refractivity contribution is 5.95. The predicted molar refractivity (Wildman–Crippen MR) is 89.4 cm³/mol. The summed E-state index contributed by atoms with van der Waals surface area (Å²) in [7, 11) is 3.05. The van der Waals surface area contributed by atoms with Gasteiger partial charge in [-0.2, -0.15) is 5.26 Å². The van der Waals surface area contributed by atoms with E-state index in [9.17, 15) is 4.79 Å². The molecule has 2 rings (SSSR count). The number of carbonyl (C=O) groups excluding carboxylic acids is 1. The summed E-state index contributed by atoms with van der Waals surface area (Å²) in [6.45, 7) is 1.61. The molecular formula is C18H18N2O4. The van der Waals surface area contributed by atoms with Crippen molar-refractivity contribution in [2.24, 2.45) is 0 Å². The van der Waals surface area contributed by atoms with Gasteiger partial charge in [0.25, 0.3) is 5.91 Å². The van der Waals surface area contributed by atoms with Crippen molar-refractivity contribution in [1.29, 1.82) is 5.26 Å². The van der Waals surface area contributed by atoms with Crippen LogP contribution in [0.1, 0.15) is 12.5 Å². The number of hydrogen-bond acceptors (Lipinski definition) is 5. The summed E-state index contributed by atoms with van der Waals surface area (Å²) in [5, 5.41) is 11.8. The molecule has 0 saturated carbocycles. The first-order chi connectivity index (χ1) is 11.6. The molecule has 24 heavy (non-hydrogen) atoms. The third kappa shape index (κ3) is 3.96. The Morgan fingerprint density at radius 3 is 2.54 bits per heavy atom. The molecule has 0 aromatic heterocycles. The van der Waals surface area contributed by atoms with E-state index in [4.69, 9.17) is 19.5 Å². The maximum atomic E-state index is 12.4. The third-order valence-corrected chi connectivity index (χ3v) is 3.34. The van der Waals surface area contributed by atoms with E-state index in [2.05, 4.69) is 5.32 Å². The number of nitriles is 1. The third-order valence-electron chi connectivity index (χ3n) is 3.34. The molecule has 0 aliphatic heterocycles. The van der Waals surface area contributed by atoms with Crippen molar-refractivity contribution in [3.05, 3.63) is 48.0 Å². The monoisotopic (exact) mass is 326 g/mol. The van der Waals surface area contributed by atoms with Crippen molar-refractivity contribution in [2.75, 3.05) is 19.5 Å². The highest BCUT2D eigenvalue weighted by Gasteiger charge is 2.18. The predicted octanol–water partition coefficient (Wildman–Crippen LogP) is 2.98. The standard InChI is InChI=1S/C18H18N2O4/c1-12(24-16-7-5-4-6-13(16)11-19)18(21)20-15-10-14(22-2)8-9-17(15)23-3/h4-10,12H,1-3H3,(H,20,21). The minimum atomic E-state index is -0.796. The fraction of sp³-hybridized carbons (Fsp3) is 0.222. The Kier molecular flexibility index (Phi) is 5.63. The van der Waals surface area contributed by atoms with E-state index in [1.165, 1.54) is 14.2 Å². The number of carbonyl (C=O) groups is 1. The second kappa shape index (κ2) is 7.88. The summed E-state index contributed by atoms with van der Waals surface area (Å²) in [4.78, 5) is 12.4. The Morgan fingerprint density at radius 1 is 1.12 bits per heavy atom. The number of amides is 1. The molecule has 0 bridgehead atoms. The molecule has 124 valence electrons. The minimum Gasteiger partial charge on any atom is -0.497 e. The second-order valence-corrected chi connectivity index (χ2v) is 4.92. The van der Waals surface area contributed by atoms with E-state index in [1.54, 1.807) is 49.4 Å². The summed E-state index contributed by atoms with van der Waals surface area (Å²) in [5.41, 5.74) is 0.849. The first kappa shape index (κ1) is 17.2. The van der Waals surface area contributed by atoms with Crippen LogP contribution in [0, 0.1) is 11.3 Å². The quantitative estimate of drug-likeness (QED) is 0.882. The van der Waals surface area contributed by atoms with Crippen LogP contribution in [0.5, 0.6) is 17.2 Å². The topological polar surface area (TPSA) is 80.6 Å². The first-order valence-corrected chi connectivity index (χ1v) is 7.27.